The van der Waals surface area contributed by atoms with E-state index in [9.17, 15) is 14.4 Å². The number of fused-ring (bicyclic) bond motifs is 4. The zero-order chi connectivity index (χ0) is 24.0. The Hall–Kier alpha value is -2.52. The lowest BCUT2D eigenvalue weighted by Crippen LogP contribution is -2.28. The van der Waals surface area contributed by atoms with Crippen LogP contribution in [0.25, 0.3) is 10.2 Å². The maximum atomic E-state index is 13.3. The minimum atomic E-state index is -0.399. The molecule has 9 heteroatoms. The smallest absolute Gasteiger partial charge is 0.341 e. The van der Waals surface area contributed by atoms with Crippen LogP contribution < -0.4 is 10.9 Å². The fourth-order valence-electron chi connectivity index (χ4n) is 5.06. The van der Waals surface area contributed by atoms with Crippen LogP contribution in [0.5, 0.6) is 0 Å². The number of hydrogen-bond acceptors (Lipinski definition) is 7. The van der Waals surface area contributed by atoms with Gasteiger partial charge in [0.05, 0.1) is 23.9 Å². The van der Waals surface area contributed by atoms with Gasteiger partial charge in [-0.2, -0.15) is 0 Å². The number of carbonyl (C=O) groups is 2. The van der Waals surface area contributed by atoms with Gasteiger partial charge >= 0.3 is 5.97 Å². The highest BCUT2D eigenvalue weighted by Gasteiger charge is 2.29. The van der Waals surface area contributed by atoms with Gasteiger partial charge in [0.25, 0.3) is 5.56 Å². The van der Waals surface area contributed by atoms with Crippen molar-refractivity contribution < 1.29 is 14.3 Å². The van der Waals surface area contributed by atoms with Gasteiger partial charge in [-0.3, -0.25) is 14.2 Å². The monoisotopic (exact) mass is 499 g/mol. The number of aryl methyl sites for hydroxylation is 1. The normalized spacial score (nSPS) is 19.5. The molecule has 0 saturated carbocycles. The molecule has 0 bridgehead atoms. The molecule has 7 nitrogen and oxygen atoms in total. The molecule has 2 aliphatic rings. The number of thiophene rings is 2. The molecule has 180 valence electrons. The molecule has 3 aromatic rings. The van der Waals surface area contributed by atoms with Gasteiger partial charge in [-0.1, -0.05) is 13.8 Å². The summed E-state index contributed by atoms with van der Waals surface area (Å²) in [4.78, 5) is 46.6. The van der Waals surface area contributed by atoms with Crippen LogP contribution in [-0.4, -0.2) is 28.0 Å². The summed E-state index contributed by atoms with van der Waals surface area (Å²) < 4.78 is 6.67. The summed E-state index contributed by atoms with van der Waals surface area (Å²) in [6.45, 7) is 6.33. The minimum Gasteiger partial charge on any atom is -0.462 e. The molecule has 0 aliphatic heterocycles. The molecule has 0 spiro atoms. The van der Waals surface area contributed by atoms with Crippen molar-refractivity contribution >= 4 is 49.8 Å². The number of aromatic nitrogens is 2. The lowest BCUT2D eigenvalue weighted by Gasteiger charge is -2.18. The van der Waals surface area contributed by atoms with E-state index in [-0.39, 0.29) is 24.6 Å². The highest BCUT2D eigenvalue weighted by atomic mass is 32.1. The molecule has 0 fully saturated rings. The Morgan fingerprint density at radius 3 is 2.50 bits per heavy atom. The molecule has 1 N–H and O–H groups in total. The Labute approximate surface area is 206 Å². The van der Waals surface area contributed by atoms with E-state index in [4.69, 9.17) is 4.74 Å². The van der Waals surface area contributed by atoms with Crippen LogP contribution in [0.3, 0.4) is 0 Å². The van der Waals surface area contributed by atoms with Crippen molar-refractivity contribution in [2.24, 2.45) is 11.8 Å². The van der Waals surface area contributed by atoms with E-state index < -0.39 is 5.97 Å². The number of rotatable bonds is 5. The fraction of sp³-hybridized carbons (Fsp3) is 0.520. The zero-order valence-electron chi connectivity index (χ0n) is 19.7. The van der Waals surface area contributed by atoms with Gasteiger partial charge in [-0.15, -0.1) is 22.7 Å². The van der Waals surface area contributed by atoms with E-state index >= 15 is 0 Å². The third-order valence-corrected chi connectivity index (χ3v) is 9.17. The van der Waals surface area contributed by atoms with Crippen LogP contribution in [0.4, 0.5) is 5.00 Å². The third kappa shape index (κ3) is 4.20. The van der Waals surface area contributed by atoms with Crippen molar-refractivity contribution in [3.8, 4) is 0 Å². The van der Waals surface area contributed by atoms with Crippen LogP contribution >= 0.6 is 22.7 Å². The summed E-state index contributed by atoms with van der Waals surface area (Å²) in [6, 6.07) is 0. The predicted octanol–water partition coefficient (Wildman–Crippen LogP) is 4.58. The molecule has 5 rings (SSSR count). The van der Waals surface area contributed by atoms with Crippen molar-refractivity contribution in [1.82, 2.24) is 9.55 Å². The summed E-state index contributed by atoms with van der Waals surface area (Å²) in [5.41, 5.74) is 2.41. The number of ether oxygens (including phenoxy) is 1. The van der Waals surface area contributed by atoms with Crippen molar-refractivity contribution in [2.75, 3.05) is 11.9 Å². The molecular formula is C25H29N3O4S2. The van der Waals surface area contributed by atoms with E-state index in [2.05, 4.69) is 24.1 Å². The topological polar surface area (TPSA) is 90.3 Å². The first-order chi connectivity index (χ1) is 16.4. The molecule has 3 heterocycles. The first kappa shape index (κ1) is 23.2. The molecule has 0 unspecified atom stereocenters. The Balaban J connectivity index is 1.42. The average Bonchev–Trinajstić information content (AvgIpc) is 3.32. The van der Waals surface area contributed by atoms with Gasteiger partial charge in [0.2, 0.25) is 5.91 Å². The Bertz CT molecular complexity index is 1340. The summed E-state index contributed by atoms with van der Waals surface area (Å²) in [7, 11) is 0. The Morgan fingerprint density at radius 2 is 1.79 bits per heavy atom. The first-order valence-corrected chi connectivity index (χ1v) is 13.6. The van der Waals surface area contributed by atoms with Crippen LogP contribution in [0.1, 0.15) is 64.9 Å². The summed E-state index contributed by atoms with van der Waals surface area (Å²) in [5.74, 6) is 0.407. The van der Waals surface area contributed by atoms with Crippen molar-refractivity contribution in [2.45, 2.75) is 65.8 Å². The summed E-state index contributed by atoms with van der Waals surface area (Å²) in [6.07, 6.45) is 7.09. The van der Waals surface area contributed by atoms with Crippen LogP contribution in [0.2, 0.25) is 0 Å². The molecule has 3 aromatic heterocycles. The quantitative estimate of drug-likeness (QED) is 0.519. The number of hydrogen-bond donors (Lipinski definition) is 1. The number of amides is 1. The molecule has 1 amide bonds. The van der Waals surface area contributed by atoms with Gasteiger partial charge < -0.3 is 10.1 Å². The highest BCUT2D eigenvalue weighted by molar-refractivity contribution is 7.18. The number of nitrogens with one attached hydrogen (secondary N) is 1. The van der Waals surface area contributed by atoms with Crippen LogP contribution in [0, 0.1) is 11.8 Å². The molecule has 0 radical (unpaired) electrons. The minimum absolute atomic E-state index is 0.149. The first-order valence-electron chi connectivity index (χ1n) is 12.0. The predicted molar refractivity (Wildman–Crippen MR) is 135 cm³/mol. The fourth-order valence-corrected chi connectivity index (χ4v) is 7.81. The van der Waals surface area contributed by atoms with E-state index in [1.807, 2.05) is 0 Å². The van der Waals surface area contributed by atoms with E-state index in [0.29, 0.717) is 27.8 Å². The van der Waals surface area contributed by atoms with Gasteiger partial charge in [-0.25, -0.2) is 9.78 Å². The number of esters is 1. The molecule has 34 heavy (non-hydrogen) atoms. The van der Waals surface area contributed by atoms with Crippen molar-refractivity contribution in [1.29, 1.82) is 0 Å². The SMILES string of the molecule is CCOC(=O)c1c(NC(=O)Cn2cnc3sc4c(c3c2=O)CC[C@@H](C)C4)sc2c1CC[C@H](C)C2. The summed E-state index contributed by atoms with van der Waals surface area (Å²) in [5, 5.41) is 4.08. The standard InChI is InChI=1S/C25H29N3O4S2/c1-4-32-25(31)21-16-8-6-14(3)10-18(16)34-23(21)27-19(29)11-28-12-26-22-20(24(28)30)15-7-5-13(2)9-17(15)33-22/h12-14H,4-11H2,1-3H3,(H,27,29)/t13-,14+/m1/s1. The van der Waals surface area contributed by atoms with E-state index in [1.165, 1.54) is 27.1 Å². The van der Waals surface area contributed by atoms with Gasteiger partial charge in [0.15, 0.2) is 0 Å². The second-order valence-electron chi connectivity index (χ2n) is 9.53. The van der Waals surface area contributed by atoms with Crippen LogP contribution in [0.15, 0.2) is 11.1 Å². The molecule has 0 aromatic carbocycles. The molecular weight excluding hydrogens is 470 g/mol. The zero-order valence-corrected chi connectivity index (χ0v) is 21.4. The second kappa shape index (κ2) is 9.26. The maximum absolute atomic E-state index is 13.3. The van der Waals surface area contributed by atoms with Crippen molar-refractivity contribution in [3.05, 3.63) is 43.1 Å². The maximum Gasteiger partial charge on any atom is 0.341 e. The molecule has 2 atom stereocenters. The molecule has 0 saturated heterocycles. The van der Waals surface area contributed by atoms with Crippen LogP contribution in [-0.2, 0) is 41.8 Å². The van der Waals surface area contributed by atoms with E-state index in [1.54, 1.807) is 18.3 Å². The Morgan fingerprint density at radius 1 is 1.12 bits per heavy atom. The largest absolute Gasteiger partial charge is 0.462 e. The van der Waals surface area contributed by atoms with Gasteiger partial charge in [-0.05, 0) is 68.4 Å². The Kier molecular flexibility index (Phi) is 6.33. The second-order valence-corrected chi connectivity index (χ2v) is 11.7. The highest BCUT2D eigenvalue weighted by Crippen LogP contribution is 2.40. The molecule has 2 aliphatic carbocycles. The summed E-state index contributed by atoms with van der Waals surface area (Å²) >= 11 is 3.05. The van der Waals surface area contributed by atoms with Gasteiger partial charge in [0, 0.05) is 9.75 Å². The van der Waals surface area contributed by atoms with Crippen molar-refractivity contribution in [3.63, 3.8) is 0 Å². The third-order valence-electron chi connectivity index (χ3n) is 6.84. The lowest BCUT2D eigenvalue weighted by molar-refractivity contribution is -0.116. The number of anilines is 1. The number of carbonyl (C=O) groups excluding carboxylic acids is 2. The van der Waals surface area contributed by atoms with E-state index in [0.717, 1.165) is 59.4 Å². The van der Waals surface area contributed by atoms with Gasteiger partial charge in [0.1, 0.15) is 16.4 Å². The average molecular weight is 500 g/mol. The lowest BCUT2D eigenvalue weighted by atomic mass is 9.88. The number of nitrogens with zero attached hydrogens (tertiary/aromatic N) is 2.